The van der Waals surface area contributed by atoms with Crippen LogP contribution in [0.15, 0.2) is 21.5 Å². The summed E-state index contributed by atoms with van der Waals surface area (Å²) < 4.78 is 36.2. The standard InChI is InChI=1S/C11H14BrFN2O3S/c1-3-15(4-2)11(16)7-5-10(19(14,17)18)9(13)6-8(7)12/h5-6H,3-4H2,1-2H3,(H2,14,17,18). The lowest BCUT2D eigenvalue weighted by molar-refractivity contribution is 0.0771. The van der Waals surface area contributed by atoms with Gasteiger partial charge < -0.3 is 4.90 Å². The number of rotatable bonds is 4. The predicted molar refractivity (Wildman–Crippen MR) is 72.7 cm³/mol. The van der Waals surface area contributed by atoms with Gasteiger partial charge in [0.05, 0.1) is 5.56 Å². The van der Waals surface area contributed by atoms with Gasteiger partial charge in [-0.25, -0.2) is 17.9 Å². The van der Waals surface area contributed by atoms with Crippen molar-refractivity contribution >= 4 is 31.9 Å². The Labute approximate surface area is 119 Å². The van der Waals surface area contributed by atoms with E-state index < -0.39 is 20.7 Å². The van der Waals surface area contributed by atoms with Crippen LogP contribution in [0.3, 0.4) is 0 Å². The predicted octanol–water partition coefficient (Wildman–Crippen LogP) is 1.72. The second kappa shape index (κ2) is 5.98. The molecule has 0 radical (unpaired) electrons. The Hall–Kier alpha value is -0.990. The van der Waals surface area contributed by atoms with Gasteiger partial charge in [-0.05, 0) is 41.9 Å². The van der Waals surface area contributed by atoms with Gasteiger partial charge in [-0.3, -0.25) is 4.79 Å². The van der Waals surface area contributed by atoms with Gasteiger partial charge >= 0.3 is 0 Å². The third kappa shape index (κ3) is 3.52. The van der Waals surface area contributed by atoms with Gasteiger partial charge in [-0.1, -0.05) is 0 Å². The molecule has 0 atom stereocenters. The summed E-state index contributed by atoms with van der Waals surface area (Å²) in [4.78, 5) is 13.0. The first-order chi connectivity index (χ1) is 8.72. The van der Waals surface area contributed by atoms with Crippen LogP contribution in [0.2, 0.25) is 0 Å². The Morgan fingerprint density at radius 3 is 2.32 bits per heavy atom. The summed E-state index contributed by atoms with van der Waals surface area (Å²) >= 11 is 3.05. The number of carbonyl (C=O) groups is 1. The van der Waals surface area contributed by atoms with Crippen molar-refractivity contribution in [3.8, 4) is 0 Å². The molecule has 0 aromatic heterocycles. The van der Waals surface area contributed by atoms with Crippen LogP contribution in [0, 0.1) is 5.82 Å². The van der Waals surface area contributed by atoms with Crippen LogP contribution < -0.4 is 5.14 Å². The zero-order valence-corrected chi connectivity index (χ0v) is 12.9. The number of benzene rings is 1. The van der Waals surface area contributed by atoms with Gasteiger partial charge in [0.15, 0.2) is 0 Å². The number of sulfonamides is 1. The molecule has 0 heterocycles. The first-order valence-electron chi connectivity index (χ1n) is 5.53. The fourth-order valence-corrected chi connectivity index (χ4v) is 2.69. The number of halogens is 2. The van der Waals surface area contributed by atoms with Gasteiger partial charge in [0.1, 0.15) is 10.7 Å². The summed E-state index contributed by atoms with van der Waals surface area (Å²) in [5.41, 5.74) is 0.0640. The molecule has 0 aliphatic heterocycles. The monoisotopic (exact) mass is 352 g/mol. The molecule has 5 nitrogen and oxygen atoms in total. The number of carbonyl (C=O) groups excluding carboxylic acids is 1. The van der Waals surface area contributed by atoms with Gasteiger partial charge in [-0.2, -0.15) is 0 Å². The second-order valence-corrected chi connectivity index (χ2v) is 6.17. The normalized spacial score (nSPS) is 11.4. The number of hydrogen-bond acceptors (Lipinski definition) is 3. The third-order valence-electron chi connectivity index (χ3n) is 2.61. The summed E-state index contributed by atoms with van der Waals surface area (Å²) in [6, 6.07) is 1.88. The van der Waals surface area contributed by atoms with E-state index >= 15 is 0 Å². The molecule has 1 rings (SSSR count). The lowest BCUT2D eigenvalue weighted by atomic mass is 10.2. The molecular weight excluding hydrogens is 339 g/mol. The molecule has 0 saturated heterocycles. The highest BCUT2D eigenvalue weighted by atomic mass is 79.9. The van der Waals surface area contributed by atoms with Crippen LogP contribution >= 0.6 is 15.9 Å². The zero-order valence-electron chi connectivity index (χ0n) is 10.5. The van der Waals surface area contributed by atoms with E-state index in [1.54, 1.807) is 13.8 Å². The molecule has 2 N–H and O–H groups in total. The third-order valence-corrected chi connectivity index (χ3v) is 4.19. The lowest BCUT2D eigenvalue weighted by Gasteiger charge is -2.19. The van der Waals surface area contributed by atoms with Crippen molar-refractivity contribution in [1.82, 2.24) is 4.90 Å². The van der Waals surface area contributed by atoms with E-state index in [9.17, 15) is 17.6 Å². The van der Waals surface area contributed by atoms with Crippen molar-refractivity contribution in [2.24, 2.45) is 5.14 Å². The average molecular weight is 353 g/mol. The molecule has 0 aliphatic carbocycles. The highest BCUT2D eigenvalue weighted by molar-refractivity contribution is 9.10. The largest absolute Gasteiger partial charge is 0.339 e. The topological polar surface area (TPSA) is 80.5 Å². The van der Waals surface area contributed by atoms with Gasteiger partial charge in [0.25, 0.3) is 5.91 Å². The van der Waals surface area contributed by atoms with Crippen LogP contribution in [0.5, 0.6) is 0 Å². The van der Waals surface area contributed by atoms with Gasteiger partial charge in [0, 0.05) is 17.6 Å². The maximum atomic E-state index is 13.5. The Bertz CT molecular complexity index is 600. The van der Waals surface area contributed by atoms with Crippen molar-refractivity contribution in [2.45, 2.75) is 18.7 Å². The van der Waals surface area contributed by atoms with Crippen molar-refractivity contribution in [3.05, 3.63) is 28.0 Å². The Morgan fingerprint density at radius 1 is 1.37 bits per heavy atom. The van der Waals surface area contributed by atoms with E-state index in [-0.39, 0.29) is 15.9 Å². The van der Waals surface area contributed by atoms with Crippen molar-refractivity contribution in [2.75, 3.05) is 13.1 Å². The molecule has 0 spiro atoms. The van der Waals surface area contributed by atoms with Crippen molar-refractivity contribution in [3.63, 3.8) is 0 Å². The smallest absolute Gasteiger partial charge is 0.255 e. The van der Waals surface area contributed by atoms with E-state index in [4.69, 9.17) is 5.14 Å². The molecule has 1 amide bonds. The Balaban J connectivity index is 3.41. The van der Waals surface area contributed by atoms with Crippen LogP contribution in [0.4, 0.5) is 4.39 Å². The number of primary sulfonamides is 1. The van der Waals surface area contributed by atoms with Crippen LogP contribution in [-0.4, -0.2) is 32.3 Å². The fourth-order valence-electron chi connectivity index (χ4n) is 1.59. The van der Waals surface area contributed by atoms with Crippen LogP contribution in [-0.2, 0) is 10.0 Å². The first kappa shape index (κ1) is 16.1. The zero-order chi connectivity index (χ0) is 14.8. The first-order valence-corrected chi connectivity index (χ1v) is 7.87. The highest BCUT2D eigenvalue weighted by Gasteiger charge is 2.22. The molecule has 1 aromatic rings. The highest BCUT2D eigenvalue weighted by Crippen LogP contribution is 2.25. The molecule has 0 aliphatic rings. The maximum absolute atomic E-state index is 13.5. The Kier molecular flexibility index (Phi) is 5.05. The minimum Gasteiger partial charge on any atom is -0.339 e. The molecule has 19 heavy (non-hydrogen) atoms. The Morgan fingerprint density at radius 2 is 1.89 bits per heavy atom. The number of nitrogens with zero attached hydrogens (tertiary/aromatic N) is 1. The molecule has 0 bridgehead atoms. The van der Waals surface area contributed by atoms with E-state index in [0.29, 0.717) is 13.1 Å². The molecule has 1 aromatic carbocycles. The van der Waals surface area contributed by atoms with Crippen LogP contribution in [0.25, 0.3) is 0 Å². The number of hydrogen-bond donors (Lipinski definition) is 1. The quantitative estimate of drug-likeness (QED) is 0.895. The molecule has 0 saturated carbocycles. The summed E-state index contributed by atoms with van der Waals surface area (Å²) in [5.74, 6) is -1.38. The molecule has 0 unspecified atom stereocenters. The van der Waals surface area contributed by atoms with Crippen LogP contribution in [0.1, 0.15) is 24.2 Å². The molecule has 106 valence electrons. The van der Waals surface area contributed by atoms with E-state index in [0.717, 1.165) is 12.1 Å². The molecule has 0 fully saturated rings. The summed E-state index contributed by atoms with van der Waals surface area (Å²) in [6.07, 6.45) is 0. The van der Waals surface area contributed by atoms with E-state index in [1.165, 1.54) is 4.90 Å². The van der Waals surface area contributed by atoms with E-state index in [1.807, 2.05) is 0 Å². The second-order valence-electron chi connectivity index (χ2n) is 3.78. The fraction of sp³-hybridized carbons (Fsp3) is 0.364. The number of amides is 1. The van der Waals surface area contributed by atoms with Gasteiger partial charge in [-0.15, -0.1) is 0 Å². The van der Waals surface area contributed by atoms with Crippen molar-refractivity contribution < 1.29 is 17.6 Å². The average Bonchev–Trinajstić information content (AvgIpc) is 2.28. The summed E-state index contributed by atoms with van der Waals surface area (Å²) in [5, 5.41) is 4.91. The molecule has 8 heteroatoms. The SMILES string of the molecule is CCN(CC)C(=O)c1cc(S(N)(=O)=O)c(F)cc1Br. The summed E-state index contributed by atoms with van der Waals surface area (Å²) in [6.45, 7) is 4.51. The molecular formula is C11H14BrFN2O3S. The van der Waals surface area contributed by atoms with Gasteiger partial charge in [0.2, 0.25) is 10.0 Å². The minimum absolute atomic E-state index is 0.0640. The maximum Gasteiger partial charge on any atom is 0.255 e. The summed E-state index contributed by atoms with van der Waals surface area (Å²) in [7, 11) is -4.21. The lowest BCUT2D eigenvalue weighted by Crippen LogP contribution is -2.31. The number of nitrogens with two attached hydrogens (primary N) is 1. The van der Waals surface area contributed by atoms with Crippen molar-refractivity contribution in [1.29, 1.82) is 0 Å². The minimum atomic E-state index is -4.21. The van der Waals surface area contributed by atoms with E-state index in [2.05, 4.69) is 15.9 Å².